The molecule has 4 nitrogen and oxygen atoms in total. The Kier molecular flexibility index (Phi) is 6.57. The summed E-state index contributed by atoms with van der Waals surface area (Å²) in [6.45, 7) is 0. The van der Waals surface area contributed by atoms with E-state index in [1.54, 1.807) is 0 Å². The van der Waals surface area contributed by atoms with Crippen molar-refractivity contribution < 1.29 is 31.3 Å². The molecule has 2 N–H and O–H groups in total. The van der Waals surface area contributed by atoms with Gasteiger partial charge in [-0.05, 0) is 12.1 Å². The highest BCUT2D eigenvalue weighted by atomic mass is 19.3. The zero-order valence-corrected chi connectivity index (χ0v) is 11.7. The Hall–Kier alpha value is -2.78. The van der Waals surface area contributed by atoms with Crippen LogP contribution in [-0.2, 0) is 0 Å². The second-order valence-electron chi connectivity index (χ2n) is 4.29. The summed E-state index contributed by atoms with van der Waals surface area (Å²) in [5, 5.41) is 10.1. The Labute approximate surface area is 131 Å². The van der Waals surface area contributed by atoms with Gasteiger partial charge in [-0.1, -0.05) is 18.2 Å². The fraction of sp³-hybridized carbons (Fsp3) is 0.143. The molecule has 0 radical (unpaired) electrons. The number of anilines is 1. The number of nitrogens with zero attached hydrogens (tertiary/aromatic N) is 1. The molecule has 0 saturated heterocycles. The normalized spacial score (nSPS) is 10.5. The molecule has 0 bridgehead atoms. The van der Waals surface area contributed by atoms with E-state index in [9.17, 15) is 36.5 Å². The molecule has 2 aromatic carbocycles. The van der Waals surface area contributed by atoms with Crippen molar-refractivity contribution in [3.63, 3.8) is 0 Å². The summed E-state index contributed by atoms with van der Waals surface area (Å²) >= 11 is 0. The van der Waals surface area contributed by atoms with Crippen LogP contribution in [0.3, 0.4) is 0 Å². The van der Waals surface area contributed by atoms with E-state index in [-0.39, 0.29) is 5.69 Å². The standard InChI is InChI=1S/C7H4F3NO2.C7H6F3N/c8-6-4(7(9)10)2-1-3-5(6)11(12)13;8-6-4(7(9)10)2-1-3-5(6)11/h1-3,7H;1-3,7H,11H2. The van der Waals surface area contributed by atoms with E-state index in [0.717, 1.165) is 24.3 Å². The largest absolute Gasteiger partial charge is 0.396 e. The Morgan fingerprint density at radius 1 is 0.875 bits per heavy atom. The van der Waals surface area contributed by atoms with Crippen LogP contribution >= 0.6 is 0 Å². The summed E-state index contributed by atoms with van der Waals surface area (Å²) in [7, 11) is 0. The third-order valence-electron chi connectivity index (χ3n) is 2.73. The van der Waals surface area contributed by atoms with E-state index >= 15 is 0 Å². The van der Waals surface area contributed by atoms with Crippen LogP contribution in [0, 0.1) is 21.7 Å². The smallest absolute Gasteiger partial charge is 0.305 e. The van der Waals surface area contributed by atoms with Crippen LogP contribution < -0.4 is 5.73 Å². The minimum atomic E-state index is -3.04. The van der Waals surface area contributed by atoms with Gasteiger partial charge < -0.3 is 5.73 Å². The molecule has 10 heteroatoms. The predicted molar refractivity (Wildman–Crippen MR) is 73.8 cm³/mol. The number of alkyl halides is 4. The SMILES string of the molecule is Nc1cccc(C(F)F)c1F.O=[N+]([O-])c1cccc(C(F)F)c1F. The molecule has 0 amide bonds. The van der Waals surface area contributed by atoms with Crippen molar-refractivity contribution in [3.05, 3.63) is 69.3 Å². The quantitative estimate of drug-likeness (QED) is 0.365. The van der Waals surface area contributed by atoms with E-state index in [1.165, 1.54) is 12.1 Å². The van der Waals surface area contributed by atoms with Crippen LogP contribution in [0.2, 0.25) is 0 Å². The van der Waals surface area contributed by atoms with Gasteiger partial charge in [-0.2, -0.15) is 4.39 Å². The first-order valence-corrected chi connectivity index (χ1v) is 6.19. The van der Waals surface area contributed by atoms with Gasteiger partial charge >= 0.3 is 5.69 Å². The molecule has 0 aromatic heterocycles. The van der Waals surface area contributed by atoms with Gasteiger partial charge in [0.25, 0.3) is 12.9 Å². The minimum absolute atomic E-state index is 0.247. The number of nitrogen functional groups attached to an aromatic ring is 1. The number of hydrogen-bond acceptors (Lipinski definition) is 3. The number of nitro benzene ring substituents is 1. The maximum atomic E-state index is 12.9. The maximum Gasteiger partial charge on any atom is 0.305 e. The van der Waals surface area contributed by atoms with Gasteiger partial charge in [0.1, 0.15) is 0 Å². The molecular weight excluding hydrogens is 342 g/mol. The van der Waals surface area contributed by atoms with Crippen molar-refractivity contribution >= 4 is 11.4 Å². The van der Waals surface area contributed by atoms with E-state index in [1.807, 2.05) is 0 Å². The molecule has 24 heavy (non-hydrogen) atoms. The summed E-state index contributed by atoms with van der Waals surface area (Å²) in [5.74, 6) is -2.50. The summed E-state index contributed by atoms with van der Waals surface area (Å²) < 4.78 is 73.3. The van der Waals surface area contributed by atoms with Gasteiger partial charge in [0.15, 0.2) is 5.82 Å². The van der Waals surface area contributed by atoms with Gasteiger partial charge in [-0.15, -0.1) is 0 Å². The van der Waals surface area contributed by atoms with Crippen molar-refractivity contribution in [2.45, 2.75) is 12.9 Å². The predicted octanol–water partition coefficient (Wildman–Crippen LogP) is 5.02. The summed E-state index contributed by atoms with van der Waals surface area (Å²) in [6, 6.07) is 6.20. The number of nitro groups is 1. The molecule has 2 rings (SSSR count). The Bertz CT molecular complexity index is 724. The monoisotopic (exact) mass is 352 g/mol. The number of hydrogen-bond donors (Lipinski definition) is 1. The first-order valence-electron chi connectivity index (χ1n) is 6.19. The van der Waals surface area contributed by atoms with Crippen molar-refractivity contribution in [2.24, 2.45) is 0 Å². The summed E-state index contributed by atoms with van der Waals surface area (Å²) in [4.78, 5) is 9.08. The molecule has 130 valence electrons. The average molecular weight is 352 g/mol. The lowest BCUT2D eigenvalue weighted by molar-refractivity contribution is -0.387. The lowest BCUT2D eigenvalue weighted by Gasteiger charge is -2.02. The van der Waals surface area contributed by atoms with Crippen molar-refractivity contribution in [1.82, 2.24) is 0 Å². The average Bonchev–Trinajstić information content (AvgIpc) is 2.50. The summed E-state index contributed by atoms with van der Waals surface area (Å²) in [6.07, 6.45) is -5.85. The van der Waals surface area contributed by atoms with E-state index in [0.29, 0.717) is 0 Å². The second kappa shape index (κ2) is 8.18. The third kappa shape index (κ3) is 4.61. The van der Waals surface area contributed by atoms with Crippen LogP contribution in [0.5, 0.6) is 0 Å². The first-order chi connectivity index (χ1) is 11.2. The summed E-state index contributed by atoms with van der Waals surface area (Å²) in [5.41, 5.74) is 2.27. The van der Waals surface area contributed by atoms with Crippen LogP contribution in [0.15, 0.2) is 36.4 Å². The number of benzene rings is 2. The molecular formula is C14H10F6N2O2. The maximum absolute atomic E-state index is 12.9. The first kappa shape index (κ1) is 19.3. The molecule has 0 aliphatic heterocycles. The highest BCUT2D eigenvalue weighted by Gasteiger charge is 2.22. The number of rotatable bonds is 3. The van der Waals surface area contributed by atoms with Crippen molar-refractivity contribution in [1.29, 1.82) is 0 Å². The third-order valence-corrected chi connectivity index (χ3v) is 2.73. The van der Waals surface area contributed by atoms with E-state index < -0.39 is 46.2 Å². The van der Waals surface area contributed by atoms with Crippen LogP contribution in [0.4, 0.5) is 37.7 Å². The Morgan fingerprint density at radius 3 is 1.75 bits per heavy atom. The molecule has 0 fully saturated rings. The zero-order chi connectivity index (χ0) is 18.4. The van der Waals surface area contributed by atoms with Gasteiger partial charge in [0.05, 0.1) is 21.7 Å². The molecule has 0 spiro atoms. The zero-order valence-electron chi connectivity index (χ0n) is 11.7. The second-order valence-corrected chi connectivity index (χ2v) is 4.29. The molecule has 2 aromatic rings. The highest BCUT2D eigenvalue weighted by Crippen LogP contribution is 2.27. The van der Waals surface area contributed by atoms with E-state index in [2.05, 4.69) is 0 Å². The molecule has 0 unspecified atom stereocenters. The van der Waals surface area contributed by atoms with Crippen LogP contribution in [0.1, 0.15) is 24.0 Å². The Balaban J connectivity index is 0.000000243. The van der Waals surface area contributed by atoms with Gasteiger partial charge in [0, 0.05) is 6.07 Å². The van der Waals surface area contributed by atoms with Gasteiger partial charge in [0.2, 0.25) is 5.82 Å². The highest BCUT2D eigenvalue weighted by molar-refractivity contribution is 5.43. The van der Waals surface area contributed by atoms with Crippen LogP contribution in [-0.4, -0.2) is 4.92 Å². The molecule has 0 aliphatic rings. The van der Waals surface area contributed by atoms with Gasteiger partial charge in [-0.25, -0.2) is 22.0 Å². The van der Waals surface area contributed by atoms with Crippen molar-refractivity contribution in [2.75, 3.05) is 5.73 Å². The lowest BCUT2D eigenvalue weighted by Crippen LogP contribution is -1.97. The molecule has 0 heterocycles. The van der Waals surface area contributed by atoms with Crippen molar-refractivity contribution in [3.8, 4) is 0 Å². The fourth-order valence-electron chi connectivity index (χ4n) is 1.58. The molecule has 0 saturated carbocycles. The topological polar surface area (TPSA) is 69.2 Å². The van der Waals surface area contributed by atoms with E-state index in [4.69, 9.17) is 5.73 Å². The fourth-order valence-corrected chi connectivity index (χ4v) is 1.58. The number of halogens is 6. The number of nitrogens with two attached hydrogens (primary N) is 1. The molecule has 0 aliphatic carbocycles. The molecule has 0 atom stereocenters. The lowest BCUT2D eigenvalue weighted by atomic mass is 10.2. The van der Waals surface area contributed by atoms with Crippen LogP contribution in [0.25, 0.3) is 0 Å². The minimum Gasteiger partial charge on any atom is -0.396 e. The Morgan fingerprint density at radius 2 is 1.33 bits per heavy atom. The van der Waals surface area contributed by atoms with Gasteiger partial charge in [-0.3, -0.25) is 10.1 Å².